The number of allylic oxidation sites excluding steroid dienone is 1. The summed E-state index contributed by atoms with van der Waals surface area (Å²) in [5.41, 5.74) is 0.406. The van der Waals surface area contributed by atoms with Crippen molar-refractivity contribution in [1.29, 1.82) is 0 Å². The van der Waals surface area contributed by atoms with Crippen molar-refractivity contribution in [1.82, 2.24) is 0 Å². The molecule has 0 saturated carbocycles. The SMILES string of the molecule is C=CCCCCCC(=O)Cc1cc(F)cc(F)c1. The molecule has 3 heteroatoms. The Balaban J connectivity index is 2.33. The maximum atomic E-state index is 12.9. The van der Waals surface area contributed by atoms with Crippen molar-refractivity contribution in [3.05, 3.63) is 48.1 Å². The number of hydrogen-bond acceptors (Lipinski definition) is 1. The second-order valence-corrected chi connectivity index (χ2v) is 4.38. The average Bonchev–Trinajstić information content (AvgIpc) is 2.27. The number of hydrogen-bond donors (Lipinski definition) is 0. The van der Waals surface area contributed by atoms with E-state index in [1.165, 1.54) is 12.1 Å². The molecular formula is C15H18F2O. The van der Waals surface area contributed by atoms with E-state index in [4.69, 9.17) is 0 Å². The first kappa shape index (κ1) is 14.6. The molecule has 0 aromatic heterocycles. The Morgan fingerprint density at radius 3 is 2.39 bits per heavy atom. The first-order chi connectivity index (χ1) is 8.61. The van der Waals surface area contributed by atoms with Crippen molar-refractivity contribution >= 4 is 5.78 Å². The zero-order valence-electron chi connectivity index (χ0n) is 10.4. The van der Waals surface area contributed by atoms with Crippen LogP contribution in [0, 0.1) is 11.6 Å². The summed E-state index contributed by atoms with van der Waals surface area (Å²) in [6.45, 7) is 3.63. The van der Waals surface area contributed by atoms with E-state index >= 15 is 0 Å². The first-order valence-electron chi connectivity index (χ1n) is 6.19. The van der Waals surface area contributed by atoms with E-state index in [0.29, 0.717) is 12.0 Å². The smallest absolute Gasteiger partial charge is 0.137 e. The van der Waals surface area contributed by atoms with Crippen LogP contribution in [-0.2, 0) is 11.2 Å². The minimum atomic E-state index is -0.635. The highest BCUT2D eigenvalue weighted by Crippen LogP contribution is 2.11. The van der Waals surface area contributed by atoms with Crippen LogP contribution in [0.1, 0.15) is 37.7 Å². The molecule has 0 amide bonds. The molecule has 0 unspecified atom stereocenters. The van der Waals surface area contributed by atoms with Gasteiger partial charge in [0.15, 0.2) is 0 Å². The van der Waals surface area contributed by atoms with Gasteiger partial charge in [0.25, 0.3) is 0 Å². The largest absolute Gasteiger partial charge is 0.299 e. The second-order valence-electron chi connectivity index (χ2n) is 4.38. The summed E-state index contributed by atoms with van der Waals surface area (Å²) < 4.78 is 25.8. The normalized spacial score (nSPS) is 10.3. The predicted octanol–water partition coefficient (Wildman–Crippen LogP) is 4.21. The molecule has 0 aliphatic rings. The van der Waals surface area contributed by atoms with E-state index < -0.39 is 11.6 Å². The number of benzene rings is 1. The van der Waals surface area contributed by atoms with E-state index in [1.807, 2.05) is 6.08 Å². The lowest BCUT2D eigenvalue weighted by Crippen LogP contribution is -2.03. The van der Waals surface area contributed by atoms with E-state index in [-0.39, 0.29) is 12.2 Å². The van der Waals surface area contributed by atoms with Gasteiger partial charge in [-0.15, -0.1) is 6.58 Å². The summed E-state index contributed by atoms with van der Waals surface area (Å²) in [6.07, 6.45) is 6.23. The van der Waals surface area contributed by atoms with E-state index in [0.717, 1.165) is 31.7 Å². The highest BCUT2D eigenvalue weighted by Gasteiger charge is 2.06. The summed E-state index contributed by atoms with van der Waals surface area (Å²) in [7, 11) is 0. The topological polar surface area (TPSA) is 17.1 Å². The molecule has 0 heterocycles. The molecule has 0 radical (unpaired) electrons. The minimum absolute atomic E-state index is 0.0265. The summed E-state index contributed by atoms with van der Waals surface area (Å²) in [5.74, 6) is -1.24. The van der Waals surface area contributed by atoms with Gasteiger partial charge in [-0.1, -0.05) is 12.5 Å². The number of carbonyl (C=O) groups is 1. The molecule has 0 atom stereocenters. The number of unbranched alkanes of at least 4 members (excludes halogenated alkanes) is 3. The molecule has 0 saturated heterocycles. The number of Topliss-reactive ketones (excluding diaryl/α,β-unsaturated/α-hetero) is 1. The van der Waals surface area contributed by atoms with Crippen molar-refractivity contribution in [3.8, 4) is 0 Å². The third-order valence-corrected chi connectivity index (χ3v) is 2.69. The molecule has 0 bridgehead atoms. The Morgan fingerprint density at radius 1 is 1.11 bits per heavy atom. The number of halogens is 2. The van der Waals surface area contributed by atoms with Crippen LogP contribution in [0.5, 0.6) is 0 Å². The Kier molecular flexibility index (Phi) is 6.26. The number of ketones is 1. The van der Waals surface area contributed by atoms with Crippen LogP contribution >= 0.6 is 0 Å². The fraction of sp³-hybridized carbons (Fsp3) is 0.400. The summed E-state index contributed by atoms with van der Waals surface area (Å²) in [5, 5.41) is 0. The Hall–Kier alpha value is -1.51. The van der Waals surface area contributed by atoms with Gasteiger partial charge >= 0.3 is 0 Å². The quantitative estimate of drug-likeness (QED) is 0.500. The molecule has 1 nitrogen and oxygen atoms in total. The molecule has 0 spiro atoms. The lowest BCUT2D eigenvalue weighted by atomic mass is 10.0. The van der Waals surface area contributed by atoms with Crippen molar-refractivity contribution in [3.63, 3.8) is 0 Å². The molecule has 0 fully saturated rings. The third-order valence-electron chi connectivity index (χ3n) is 2.69. The molecule has 0 aliphatic heterocycles. The van der Waals surface area contributed by atoms with Crippen LogP contribution in [0.2, 0.25) is 0 Å². The summed E-state index contributed by atoms with van der Waals surface area (Å²) in [6, 6.07) is 3.22. The lowest BCUT2D eigenvalue weighted by molar-refractivity contribution is -0.118. The zero-order valence-corrected chi connectivity index (χ0v) is 10.4. The zero-order chi connectivity index (χ0) is 13.4. The average molecular weight is 252 g/mol. The highest BCUT2D eigenvalue weighted by molar-refractivity contribution is 5.80. The first-order valence-corrected chi connectivity index (χ1v) is 6.19. The van der Waals surface area contributed by atoms with Gasteiger partial charge in [0.2, 0.25) is 0 Å². The Bertz CT molecular complexity index is 393. The molecule has 98 valence electrons. The van der Waals surface area contributed by atoms with Crippen LogP contribution in [0.4, 0.5) is 8.78 Å². The van der Waals surface area contributed by atoms with Crippen molar-refractivity contribution in [2.45, 2.75) is 38.5 Å². The molecule has 1 aromatic carbocycles. The second kappa shape index (κ2) is 7.75. The number of carbonyl (C=O) groups excluding carboxylic acids is 1. The molecule has 1 rings (SSSR count). The Morgan fingerprint density at radius 2 is 1.78 bits per heavy atom. The Labute approximate surface area is 107 Å². The van der Waals surface area contributed by atoms with E-state index in [1.54, 1.807) is 0 Å². The van der Waals surface area contributed by atoms with Gasteiger partial charge in [0.1, 0.15) is 17.4 Å². The molecular weight excluding hydrogens is 234 g/mol. The third kappa shape index (κ3) is 5.71. The fourth-order valence-electron chi connectivity index (χ4n) is 1.82. The maximum Gasteiger partial charge on any atom is 0.137 e. The van der Waals surface area contributed by atoms with Crippen LogP contribution < -0.4 is 0 Å². The maximum absolute atomic E-state index is 12.9. The summed E-state index contributed by atoms with van der Waals surface area (Å²) in [4.78, 5) is 11.6. The van der Waals surface area contributed by atoms with E-state index in [9.17, 15) is 13.6 Å². The van der Waals surface area contributed by atoms with Crippen LogP contribution in [0.25, 0.3) is 0 Å². The predicted molar refractivity (Wildman–Crippen MR) is 68.4 cm³/mol. The van der Waals surface area contributed by atoms with Gasteiger partial charge in [0, 0.05) is 18.9 Å². The van der Waals surface area contributed by atoms with Crippen molar-refractivity contribution in [2.75, 3.05) is 0 Å². The summed E-state index contributed by atoms with van der Waals surface area (Å²) >= 11 is 0. The van der Waals surface area contributed by atoms with Crippen LogP contribution in [0.15, 0.2) is 30.9 Å². The lowest BCUT2D eigenvalue weighted by Gasteiger charge is -2.02. The standard InChI is InChI=1S/C15H18F2O/c1-2-3-4-5-6-7-15(18)10-12-8-13(16)11-14(17)9-12/h2,8-9,11H,1,3-7,10H2. The van der Waals surface area contributed by atoms with Crippen molar-refractivity contribution < 1.29 is 13.6 Å². The van der Waals surface area contributed by atoms with Crippen LogP contribution in [0.3, 0.4) is 0 Å². The monoisotopic (exact) mass is 252 g/mol. The van der Waals surface area contributed by atoms with Gasteiger partial charge in [-0.2, -0.15) is 0 Å². The van der Waals surface area contributed by atoms with Gasteiger partial charge < -0.3 is 0 Å². The fourth-order valence-corrected chi connectivity index (χ4v) is 1.82. The molecule has 0 N–H and O–H groups in total. The van der Waals surface area contributed by atoms with Gasteiger partial charge in [-0.25, -0.2) is 8.78 Å². The van der Waals surface area contributed by atoms with E-state index in [2.05, 4.69) is 6.58 Å². The number of rotatable bonds is 8. The van der Waals surface area contributed by atoms with Crippen molar-refractivity contribution in [2.24, 2.45) is 0 Å². The van der Waals surface area contributed by atoms with Gasteiger partial charge in [-0.05, 0) is 37.0 Å². The van der Waals surface area contributed by atoms with Crippen LogP contribution in [-0.4, -0.2) is 5.78 Å². The molecule has 1 aromatic rings. The molecule has 18 heavy (non-hydrogen) atoms. The van der Waals surface area contributed by atoms with Gasteiger partial charge in [0.05, 0.1) is 0 Å². The minimum Gasteiger partial charge on any atom is -0.299 e. The molecule has 0 aliphatic carbocycles. The van der Waals surface area contributed by atoms with Gasteiger partial charge in [-0.3, -0.25) is 4.79 Å². The highest BCUT2D eigenvalue weighted by atomic mass is 19.1.